The molecule has 0 radical (unpaired) electrons. The van der Waals surface area contributed by atoms with Gasteiger partial charge in [-0.1, -0.05) is 20.8 Å². The van der Waals surface area contributed by atoms with E-state index < -0.39 is 0 Å². The number of hydroxylamine groups is 1. The van der Waals surface area contributed by atoms with E-state index in [-0.39, 0.29) is 11.5 Å². The first kappa shape index (κ1) is 18.0. The van der Waals surface area contributed by atoms with E-state index in [4.69, 9.17) is 9.57 Å². The Balaban J connectivity index is 1.46. The van der Waals surface area contributed by atoms with Crippen LogP contribution in [0.15, 0.2) is 36.1 Å². The van der Waals surface area contributed by atoms with Crippen molar-refractivity contribution in [2.24, 2.45) is 0 Å². The maximum absolute atomic E-state index is 5.76. The van der Waals surface area contributed by atoms with Gasteiger partial charge in [0.1, 0.15) is 0 Å². The molecule has 0 amide bonds. The van der Waals surface area contributed by atoms with E-state index in [1.54, 1.807) is 0 Å². The molecule has 1 aromatic carbocycles. The summed E-state index contributed by atoms with van der Waals surface area (Å²) >= 11 is 0.830. The molecule has 1 saturated heterocycles. The summed E-state index contributed by atoms with van der Waals surface area (Å²) < 4.78 is 5.76. The number of benzene rings is 1. The predicted molar refractivity (Wildman–Crippen MR) is 98.0 cm³/mol. The molecule has 1 unspecified atom stereocenters. The van der Waals surface area contributed by atoms with Crippen LogP contribution in [-0.4, -0.2) is 51.6 Å². The third kappa shape index (κ3) is 4.84. The number of nitrogens with one attached hydrogen (secondary N) is 1. The van der Waals surface area contributed by atoms with Gasteiger partial charge in [0.25, 0.3) is 0 Å². The molecule has 0 aliphatic carbocycles. The summed E-state index contributed by atoms with van der Waals surface area (Å²) in [7, 11) is 0. The van der Waals surface area contributed by atoms with Crippen LogP contribution in [0.25, 0.3) is 0 Å². The number of nitrogens with zero attached hydrogens (tertiary/aromatic N) is 1. The van der Waals surface area contributed by atoms with Crippen LogP contribution >= 0.6 is 0 Å². The van der Waals surface area contributed by atoms with Gasteiger partial charge in [-0.2, -0.15) is 0 Å². The van der Waals surface area contributed by atoms with Gasteiger partial charge in [0.15, 0.2) is 0 Å². The van der Waals surface area contributed by atoms with Gasteiger partial charge < -0.3 is 0 Å². The van der Waals surface area contributed by atoms with Gasteiger partial charge in [-0.15, -0.1) is 0 Å². The fourth-order valence-electron chi connectivity index (χ4n) is 2.82. The van der Waals surface area contributed by atoms with Crippen molar-refractivity contribution < 1.29 is 9.57 Å². The zero-order valence-corrected chi connectivity index (χ0v) is 16.6. The molecule has 132 valence electrons. The monoisotopic (exact) mass is 396 g/mol. The first-order valence-corrected chi connectivity index (χ1v) is 11.1. The molecular weight excluding hydrogens is 367 g/mol. The number of hydrogen-bond acceptors (Lipinski definition) is 4. The normalized spacial score (nSPS) is 21.8. The van der Waals surface area contributed by atoms with Gasteiger partial charge in [-0.05, 0) is 11.0 Å². The predicted octanol–water partition coefficient (Wildman–Crippen LogP) is 2.86. The van der Waals surface area contributed by atoms with Gasteiger partial charge in [-0.3, -0.25) is 0 Å². The van der Waals surface area contributed by atoms with Crippen LogP contribution in [0, 0.1) is 0 Å². The topological polar surface area (TPSA) is 33.7 Å². The van der Waals surface area contributed by atoms with Crippen molar-refractivity contribution in [2.75, 3.05) is 31.7 Å². The molecule has 2 aliphatic rings. The Bertz CT molecular complexity index is 560. The molecule has 0 spiro atoms. The molecule has 2 aliphatic heterocycles. The van der Waals surface area contributed by atoms with E-state index in [1.807, 2.05) is 0 Å². The molecule has 4 nitrogen and oxygen atoms in total. The quantitative estimate of drug-likeness (QED) is 0.593. The minimum atomic E-state index is 0.110. The summed E-state index contributed by atoms with van der Waals surface area (Å²) in [5.41, 5.74) is 7.12. The summed E-state index contributed by atoms with van der Waals surface area (Å²) in [6.45, 7) is 10.3. The van der Waals surface area contributed by atoms with Crippen molar-refractivity contribution in [3.8, 4) is 0 Å². The third-order valence-electron chi connectivity index (χ3n) is 4.43. The van der Waals surface area contributed by atoms with Crippen molar-refractivity contribution in [1.29, 1.82) is 0 Å². The van der Waals surface area contributed by atoms with Crippen LogP contribution in [-0.2, 0) is 15.0 Å². The average Bonchev–Trinajstić information content (AvgIpc) is 3.23. The molecule has 0 aromatic heterocycles. The van der Waals surface area contributed by atoms with Crippen molar-refractivity contribution in [1.82, 2.24) is 10.4 Å². The number of hydrogen-bond donors (Lipinski definition) is 1. The molecule has 0 saturated carbocycles. The summed E-state index contributed by atoms with van der Waals surface area (Å²) in [5, 5.41) is 1.39. The second kappa shape index (κ2) is 8.03. The average molecular weight is 395 g/mol. The Morgan fingerprint density at radius 2 is 2.08 bits per heavy atom. The molecule has 24 heavy (non-hydrogen) atoms. The van der Waals surface area contributed by atoms with Gasteiger partial charge in [0.05, 0.1) is 0 Å². The molecule has 2 heterocycles. The SMILES string of the molecule is CC(C)(C)c1ccc(C2C=C(COCCN3CC[Se]C3)ON2)cc1. The fraction of sp³-hybridized carbons (Fsp3) is 0.579. The Morgan fingerprint density at radius 3 is 2.75 bits per heavy atom. The Kier molecular flexibility index (Phi) is 6.01. The zero-order chi connectivity index (χ0) is 17.0. The van der Waals surface area contributed by atoms with Crippen LogP contribution < -0.4 is 5.48 Å². The Hall–Kier alpha value is -0.841. The van der Waals surface area contributed by atoms with Gasteiger partial charge in [-0.25, -0.2) is 0 Å². The molecule has 0 bridgehead atoms. The molecular formula is C19H28N2O2Se. The van der Waals surface area contributed by atoms with E-state index in [2.05, 4.69) is 61.5 Å². The van der Waals surface area contributed by atoms with Crippen LogP contribution in [0.3, 0.4) is 0 Å². The van der Waals surface area contributed by atoms with Crippen LogP contribution in [0.2, 0.25) is 5.32 Å². The van der Waals surface area contributed by atoms with Gasteiger partial charge >= 0.3 is 120 Å². The number of ether oxygens (including phenoxy) is 1. The van der Waals surface area contributed by atoms with Crippen LogP contribution in [0.5, 0.6) is 0 Å². The van der Waals surface area contributed by atoms with Crippen LogP contribution in [0.1, 0.15) is 37.9 Å². The van der Waals surface area contributed by atoms with Crippen molar-refractivity contribution >= 4 is 15.0 Å². The van der Waals surface area contributed by atoms with Crippen molar-refractivity contribution in [3.05, 3.63) is 47.2 Å². The van der Waals surface area contributed by atoms with Gasteiger partial charge in [0, 0.05) is 0 Å². The van der Waals surface area contributed by atoms with E-state index >= 15 is 0 Å². The third-order valence-corrected chi connectivity index (χ3v) is 6.57. The molecule has 1 N–H and O–H groups in total. The summed E-state index contributed by atoms with van der Waals surface area (Å²) in [6, 6.07) is 8.88. The van der Waals surface area contributed by atoms with E-state index in [0.717, 1.165) is 33.9 Å². The second-order valence-corrected chi connectivity index (χ2v) is 9.67. The molecule has 1 aromatic rings. The fourth-order valence-corrected chi connectivity index (χ4v) is 4.99. The minimum absolute atomic E-state index is 0.110. The van der Waals surface area contributed by atoms with Gasteiger partial charge in [0.2, 0.25) is 0 Å². The van der Waals surface area contributed by atoms with E-state index in [1.165, 1.54) is 28.4 Å². The summed E-state index contributed by atoms with van der Waals surface area (Å²) in [4.78, 5) is 8.05. The standard InChI is InChI=1S/C19H28N2O2Se/c1-19(2,3)16-6-4-15(5-7-16)18-12-17(23-20-18)13-22-10-8-21-9-11-24-14-21/h4-7,12,18,20H,8-11,13-14H2,1-3H3. The first-order chi connectivity index (χ1) is 11.5. The second-order valence-electron chi connectivity index (χ2n) is 7.41. The van der Waals surface area contributed by atoms with E-state index in [0.29, 0.717) is 6.61 Å². The molecule has 3 rings (SSSR count). The Morgan fingerprint density at radius 1 is 1.29 bits per heavy atom. The number of rotatable bonds is 6. The molecule has 1 atom stereocenters. The first-order valence-electron chi connectivity index (χ1n) is 8.64. The molecule has 1 fully saturated rings. The zero-order valence-electron chi connectivity index (χ0n) is 14.9. The van der Waals surface area contributed by atoms with Crippen molar-refractivity contribution in [2.45, 2.75) is 37.5 Å². The van der Waals surface area contributed by atoms with Crippen molar-refractivity contribution in [3.63, 3.8) is 0 Å². The van der Waals surface area contributed by atoms with E-state index in [9.17, 15) is 0 Å². The summed E-state index contributed by atoms with van der Waals surface area (Å²) in [5.74, 6) is 0.880. The maximum atomic E-state index is 5.76. The van der Waals surface area contributed by atoms with Crippen LogP contribution in [0.4, 0.5) is 0 Å². The Labute approximate surface area is 151 Å². The molecule has 5 heteroatoms. The summed E-state index contributed by atoms with van der Waals surface area (Å²) in [6.07, 6.45) is 2.12.